The number of piperidine rings is 1. The van der Waals surface area contributed by atoms with Gasteiger partial charge >= 0.3 is 0 Å². The SMILES string of the molecule is CC1CCN(c2nc(Cl)ncc2Cl)CC1C. The number of rotatable bonds is 1. The van der Waals surface area contributed by atoms with Crippen LogP contribution in [0.2, 0.25) is 10.3 Å². The highest BCUT2D eigenvalue weighted by Crippen LogP contribution is 2.30. The van der Waals surface area contributed by atoms with Crippen molar-refractivity contribution in [2.75, 3.05) is 18.0 Å². The molecule has 88 valence electrons. The van der Waals surface area contributed by atoms with Crippen LogP contribution in [0.25, 0.3) is 0 Å². The third-order valence-corrected chi connectivity index (χ3v) is 3.78. The Bertz CT molecular complexity index is 383. The summed E-state index contributed by atoms with van der Waals surface area (Å²) in [4.78, 5) is 10.3. The van der Waals surface area contributed by atoms with Gasteiger partial charge in [0.25, 0.3) is 0 Å². The third kappa shape index (κ3) is 2.41. The Morgan fingerprint density at radius 1 is 1.31 bits per heavy atom. The first-order valence-electron chi connectivity index (χ1n) is 5.51. The fourth-order valence-corrected chi connectivity index (χ4v) is 2.35. The molecule has 1 aliphatic rings. The lowest BCUT2D eigenvalue weighted by molar-refractivity contribution is 0.323. The highest BCUT2D eigenvalue weighted by molar-refractivity contribution is 6.33. The molecule has 2 atom stereocenters. The molecular weight excluding hydrogens is 245 g/mol. The lowest BCUT2D eigenvalue weighted by Crippen LogP contribution is -2.39. The van der Waals surface area contributed by atoms with Gasteiger partial charge in [0.2, 0.25) is 5.28 Å². The Morgan fingerprint density at radius 3 is 2.75 bits per heavy atom. The van der Waals surface area contributed by atoms with Gasteiger partial charge in [0, 0.05) is 13.1 Å². The molecule has 1 fully saturated rings. The minimum Gasteiger partial charge on any atom is -0.355 e. The van der Waals surface area contributed by atoms with Gasteiger partial charge in [-0.2, -0.15) is 4.98 Å². The van der Waals surface area contributed by atoms with E-state index in [2.05, 4.69) is 28.7 Å². The zero-order chi connectivity index (χ0) is 11.7. The standard InChI is InChI=1S/C11H15Cl2N3/c1-7-3-4-16(6-8(7)2)10-9(12)5-14-11(13)15-10/h5,7-8H,3-4,6H2,1-2H3. The molecule has 3 nitrogen and oxygen atoms in total. The van der Waals surface area contributed by atoms with E-state index in [1.54, 1.807) is 6.20 Å². The molecule has 0 aromatic carbocycles. The van der Waals surface area contributed by atoms with Crippen molar-refractivity contribution in [3.8, 4) is 0 Å². The average Bonchev–Trinajstić information content (AvgIpc) is 2.26. The maximum absolute atomic E-state index is 6.09. The summed E-state index contributed by atoms with van der Waals surface area (Å²) in [6.07, 6.45) is 2.73. The van der Waals surface area contributed by atoms with Crippen LogP contribution in [0.5, 0.6) is 0 Å². The van der Waals surface area contributed by atoms with Gasteiger partial charge < -0.3 is 4.90 Å². The summed E-state index contributed by atoms with van der Waals surface area (Å²) < 4.78 is 0. The van der Waals surface area contributed by atoms with Crippen molar-refractivity contribution in [1.29, 1.82) is 0 Å². The van der Waals surface area contributed by atoms with E-state index in [9.17, 15) is 0 Å². The van der Waals surface area contributed by atoms with E-state index in [4.69, 9.17) is 23.2 Å². The summed E-state index contributed by atoms with van der Waals surface area (Å²) in [6.45, 7) is 6.51. The van der Waals surface area contributed by atoms with E-state index in [1.807, 2.05) is 0 Å². The molecular formula is C11H15Cl2N3. The molecule has 1 aliphatic heterocycles. The van der Waals surface area contributed by atoms with Crippen molar-refractivity contribution in [2.45, 2.75) is 20.3 Å². The van der Waals surface area contributed by atoms with E-state index in [1.165, 1.54) is 6.42 Å². The molecule has 5 heteroatoms. The summed E-state index contributed by atoms with van der Waals surface area (Å²) in [5, 5.41) is 0.830. The van der Waals surface area contributed by atoms with Crippen LogP contribution in [0.3, 0.4) is 0 Å². The Hall–Kier alpha value is -0.540. The first-order valence-corrected chi connectivity index (χ1v) is 6.26. The summed E-state index contributed by atoms with van der Waals surface area (Å²) >= 11 is 11.9. The molecule has 16 heavy (non-hydrogen) atoms. The van der Waals surface area contributed by atoms with Crippen LogP contribution in [0.4, 0.5) is 5.82 Å². The second-order valence-electron chi connectivity index (χ2n) is 4.50. The first kappa shape index (κ1) is 11.9. The predicted molar refractivity (Wildman–Crippen MR) is 67.2 cm³/mol. The highest BCUT2D eigenvalue weighted by atomic mass is 35.5. The largest absolute Gasteiger partial charge is 0.355 e. The van der Waals surface area contributed by atoms with Gasteiger partial charge in [0.15, 0.2) is 5.82 Å². The second-order valence-corrected chi connectivity index (χ2v) is 5.25. The van der Waals surface area contributed by atoms with Crippen LogP contribution in [0.15, 0.2) is 6.20 Å². The lowest BCUT2D eigenvalue weighted by atomic mass is 9.89. The average molecular weight is 260 g/mol. The van der Waals surface area contributed by atoms with Crippen LogP contribution >= 0.6 is 23.2 Å². The Morgan fingerprint density at radius 2 is 2.06 bits per heavy atom. The molecule has 0 N–H and O–H groups in total. The van der Waals surface area contributed by atoms with Crippen molar-refractivity contribution in [3.63, 3.8) is 0 Å². The first-order chi connectivity index (χ1) is 7.58. The van der Waals surface area contributed by atoms with E-state index in [-0.39, 0.29) is 5.28 Å². The van der Waals surface area contributed by atoms with Crippen molar-refractivity contribution in [2.24, 2.45) is 11.8 Å². The summed E-state index contributed by atoms with van der Waals surface area (Å²) in [5.74, 6) is 2.17. The third-order valence-electron chi connectivity index (χ3n) is 3.33. The Labute approximate surface area is 106 Å². The summed E-state index contributed by atoms with van der Waals surface area (Å²) in [6, 6.07) is 0. The molecule has 0 aliphatic carbocycles. The van der Waals surface area contributed by atoms with Crippen molar-refractivity contribution in [3.05, 3.63) is 16.5 Å². The van der Waals surface area contributed by atoms with Crippen LogP contribution in [0.1, 0.15) is 20.3 Å². The van der Waals surface area contributed by atoms with E-state index < -0.39 is 0 Å². The fourth-order valence-electron chi connectivity index (χ4n) is 2.01. The smallest absolute Gasteiger partial charge is 0.224 e. The van der Waals surface area contributed by atoms with Gasteiger partial charge in [-0.25, -0.2) is 4.98 Å². The number of anilines is 1. The zero-order valence-electron chi connectivity index (χ0n) is 9.45. The van der Waals surface area contributed by atoms with Crippen molar-refractivity contribution in [1.82, 2.24) is 9.97 Å². The monoisotopic (exact) mass is 259 g/mol. The van der Waals surface area contributed by atoms with Gasteiger partial charge in [0.1, 0.15) is 5.02 Å². The summed E-state index contributed by atoms with van der Waals surface area (Å²) in [7, 11) is 0. The number of nitrogens with zero attached hydrogens (tertiary/aromatic N) is 3. The van der Waals surface area contributed by atoms with Gasteiger partial charge in [0.05, 0.1) is 6.20 Å². The van der Waals surface area contributed by atoms with Crippen LogP contribution in [-0.4, -0.2) is 23.1 Å². The van der Waals surface area contributed by atoms with Crippen molar-refractivity contribution >= 4 is 29.0 Å². The summed E-state index contributed by atoms with van der Waals surface area (Å²) in [5.41, 5.74) is 0. The molecule has 2 rings (SSSR count). The van der Waals surface area contributed by atoms with Crippen molar-refractivity contribution < 1.29 is 0 Å². The molecule has 0 saturated carbocycles. The lowest BCUT2D eigenvalue weighted by Gasteiger charge is -2.36. The number of hydrogen-bond acceptors (Lipinski definition) is 3. The van der Waals surface area contributed by atoms with E-state index >= 15 is 0 Å². The zero-order valence-corrected chi connectivity index (χ0v) is 11.0. The molecule has 1 saturated heterocycles. The minimum absolute atomic E-state index is 0.255. The van der Waals surface area contributed by atoms with Crippen LogP contribution in [0, 0.1) is 11.8 Å². The van der Waals surface area contributed by atoms with Gasteiger partial charge in [-0.1, -0.05) is 25.4 Å². The molecule has 1 aromatic heterocycles. The maximum atomic E-state index is 6.09. The highest BCUT2D eigenvalue weighted by Gasteiger charge is 2.25. The maximum Gasteiger partial charge on any atom is 0.224 e. The number of halogens is 2. The molecule has 0 radical (unpaired) electrons. The van der Waals surface area contributed by atoms with Crippen LogP contribution < -0.4 is 4.90 Å². The molecule has 2 unspecified atom stereocenters. The fraction of sp³-hybridized carbons (Fsp3) is 0.636. The number of hydrogen-bond donors (Lipinski definition) is 0. The Kier molecular flexibility index (Phi) is 3.55. The predicted octanol–water partition coefficient (Wildman–Crippen LogP) is 3.27. The molecule has 0 bridgehead atoms. The minimum atomic E-state index is 0.255. The number of aromatic nitrogens is 2. The van der Waals surface area contributed by atoms with Gasteiger partial charge in [-0.15, -0.1) is 0 Å². The second kappa shape index (κ2) is 4.76. The molecule has 0 amide bonds. The van der Waals surface area contributed by atoms with Gasteiger partial charge in [-0.3, -0.25) is 0 Å². The normalized spacial score (nSPS) is 25.9. The molecule has 1 aromatic rings. The molecule has 0 spiro atoms. The molecule has 2 heterocycles. The van der Waals surface area contributed by atoms with Crippen LogP contribution in [-0.2, 0) is 0 Å². The Balaban J connectivity index is 2.21. The van der Waals surface area contributed by atoms with Gasteiger partial charge in [-0.05, 0) is 29.9 Å². The van der Waals surface area contributed by atoms with E-state index in [0.717, 1.165) is 24.8 Å². The quantitative estimate of drug-likeness (QED) is 0.726. The topological polar surface area (TPSA) is 29.0 Å². The van der Waals surface area contributed by atoms with E-state index in [0.29, 0.717) is 10.9 Å².